The molecule has 0 saturated heterocycles. The molecule has 19 heavy (non-hydrogen) atoms. The van der Waals surface area contributed by atoms with E-state index in [4.69, 9.17) is 4.74 Å². The molecule has 1 radical (unpaired) electrons. The Morgan fingerprint density at radius 3 is 1.63 bits per heavy atom. The van der Waals surface area contributed by atoms with Gasteiger partial charge in [0.15, 0.2) is 0 Å². The van der Waals surface area contributed by atoms with Crippen LogP contribution in [0.5, 0.6) is 0 Å². The molecule has 0 aliphatic carbocycles. The molecule has 0 aromatic rings. The highest BCUT2D eigenvalue weighted by Crippen LogP contribution is 2.10. The van der Waals surface area contributed by atoms with Crippen molar-refractivity contribution < 1.29 is 4.74 Å². The Morgan fingerprint density at radius 2 is 1.05 bits per heavy atom. The second-order valence-corrected chi connectivity index (χ2v) is 5.72. The Balaban J connectivity index is 2.88. The van der Waals surface area contributed by atoms with Crippen molar-refractivity contribution in [1.82, 2.24) is 0 Å². The maximum Gasteiger partial charge on any atom is 0.0836 e. The number of hydrogen-bond donors (Lipinski definition) is 0. The summed E-state index contributed by atoms with van der Waals surface area (Å²) in [5.41, 5.74) is 0. The Labute approximate surface area is 122 Å². The molecule has 0 aromatic heterocycles. The van der Waals surface area contributed by atoms with Gasteiger partial charge in [-0.3, -0.25) is 0 Å². The van der Waals surface area contributed by atoms with Crippen LogP contribution in [0.15, 0.2) is 0 Å². The predicted molar refractivity (Wildman–Crippen MR) is 86.2 cm³/mol. The summed E-state index contributed by atoms with van der Waals surface area (Å²) in [6.07, 6.45) is 18.9. The van der Waals surface area contributed by atoms with Gasteiger partial charge in [-0.25, -0.2) is 0 Å². The van der Waals surface area contributed by atoms with Crippen LogP contribution in [-0.4, -0.2) is 6.61 Å². The fraction of sp³-hybridized carbons (Fsp3) is 0.944. The van der Waals surface area contributed by atoms with Gasteiger partial charge >= 0.3 is 0 Å². The maximum atomic E-state index is 5.56. The minimum atomic E-state index is 0.933. The van der Waals surface area contributed by atoms with Crippen molar-refractivity contribution in [2.45, 2.75) is 104 Å². The van der Waals surface area contributed by atoms with Gasteiger partial charge in [-0.1, -0.05) is 90.9 Å². The van der Waals surface area contributed by atoms with E-state index < -0.39 is 0 Å². The van der Waals surface area contributed by atoms with Crippen molar-refractivity contribution in [2.24, 2.45) is 0 Å². The quantitative estimate of drug-likeness (QED) is 0.284. The van der Waals surface area contributed by atoms with Gasteiger partial charge < -0.3 is 4.74 Å². The zero-order valence-electron chi connectivity index (χ0n) is 13.6. The van der Waals surface area contributed by atoms with E-state index in [1.54, 1.807) is 0 Å². The molecule has 0 unspecified atom stereocenters. The highest BCUT2D eigenvalue weighted by Gasteiger charge is 1.94. The zero-order chi connectivity index (χ0) is 14.0. The van der Waals surface area contributed by atoms with E-state index in [1.807, 2.05) is 6.61 Å². The van der Waals surface area contributed by atoms with Gasteiger partial charge in [0.1, 0.15) is 0 Å². The SMILES string of the molecule is CCCCCCCCC[CH]OCCCCCCCC. The highest BCUT2D eigenvalue weighted by atomic mass is 16.5. The van der Waals surface area contributed by atoms with Crippen LogP contribution in [0.1, 0.15) is 104 Å². The molecule has 0 fully saturated rings. The Hall–Kier alpha value is -0.0400. The molecule has 0 aliphatic heterocycles. The molecule has 115 valence electrons. The zero-order valence-corrected chi connectivity index (χ0v) is 13.6. The molecule has 0 spiro atoms. The Morgan fingerprint density at radius 1 is 0.579 bits per heavy atom. The first-order valence-corrected chi connectivity index (χ1v) is 8.85. The van der Waals surface area contributed by atoms with Gasteiger partial charge in [0.05, 0.1) is 6.61 Å². The minimum Gasteiger partial charge on any atom is -0.376 e. The fourth-order valence-electron chi connectivity index (χ4n) is 2.32. The average Bonchev–Trinajstić information content (AvgIpc) is 2.43. The lowest BCUT2D eigenvalue weighted by Crippen LogP contribution is -1.92. The van der Waals surface area contributed by atoms with Crippen LogP contribution in [-0.2, 0) is 4.74 Å². The Bertz CT molecular complexity index is 129. The van der Waals surface area contributed by atoms with Crippen LogP contribution in [0.25, 0.3) is 0 Å². The monoisotopic (exact) mass is 269 g/mol. The summed E-state index contributed by atoms with van der Waals surface area (Å²) in [6, 6.07) is 0. The van der Waals surface area contributed by atoms with E-state index in [9.17, 15) is 0 Å². The largest absolute Gasteiger partial charge is 0.376 e. The molecule has 0 amide bonds. The lowest BCUT2D eigenvalue weighted by molar-refractivity contribution is 0.183. The van der Waals surface area contributed by atoms with Gasteiger partial charge in [0.25, 0.3) is 0 Å². The van der Waals surface area contributed by atoms with Crippen LogP contribution in [0.3, 0.4) is 0 Å². The summed E-state index contributed by atoms with van der Waals surface area (Å²) in [6.45, 7) is 7.51. The van der Waals surface area contributed by atoms with Crippen molar-refractivity contribution in [2.75, 3.05) is 6.61 Å². The molecule has 0 N–H and O–H groups in total. The van der Waals surface area contributed by atoms with Crippen molar-refractivity contribution in [3.05, 3.63) is 6.61 Å². The molecule has 0 rings (SSSR count). The summed E-state index contributed by atoms with van der Waals surface area (Å²) < 4.78 is 5.56. The number of ether oxygens (including phenoxy) is 1. The van der Waals surface area contributed by atoms with E-state index in [1.165, 1.54) is 83.5 Å². The molecule has 0 aliphatic rings. The normalized spacial score (nSPS) is 11.1. The maximum absolute atomic E-state index is 5.56. The van der Waals surface area contributed by atoms with Gasteiger partial charge in [-0.05, 0) is 12.8 Å². The van der Waals surface area contributed by atoms with Gasteiger partial charge in [0.2, 0.25) is 0 Å². The number of hydrogen-bond acceptors (Lipinski definition) is 1. The van der Waals surface area contributed by atoms with Gasteiger partial charge in [-0.2, -0.15) is 0 Å². The van der Waals surface area contributed by atoms with Crippen LogP contribution in [0.4, 0.5) is 0 Å². The number of rotatable bonds is 16. The standard InChI is InChI=1S/C18H37O/c1-3-5-7-9-11-12-14-16-18-19-17-15-13-10-8-6-4-2/h18H,3-17H2,1-2H3. The van der Waals surface area contributed by atoms with Crippen molar-refractivity contribution in [3.63, 3.8) is 0 Å². The molecule has 0 bridgehead atoms. The average molecular weight is 269 g/mol. The van der Waals surface area contributed by atoms with Crippen LogP contribution >= 0.6 is 0 Å². The first-order valence-electron chi connectivity index (χ1n) is 8.85. The van der Waals surface area contributed by atoms with Crippen LogP contribution in [0.2, 0.25) is 0 Å². The van der Waals surface area contributed by atoms with E-state index in [2.05, 4.69) is 13.8 Å². The van der Waals surface area contributed by atoms with E-state index in [0.717, 1.165) is 13.0 Å². The lowest BCUT2D eigenvalue weighted by Gasteiger charge is -2.04. The van der Waals surface area contributed by atoms with Gasteiger partial charge in [0, 0.05) is 6.61 Å². The molecular formula is C18H37O. The van der Waals surface area contributed by atoms with Crippen molar-refractivity contribution >= 4 is 0 Å². The summed E-state index contributed by atoms with van der Waals surface area (Å²) in [4.78, 5) is 0. The Kier molecular flexibility index (Phi) is 17.9. The summed E-state index contributed by atoms with van der Waals surface area (Å²) in [7, 11) is 0. The van der Waals surface area contributed by atoms with E-state index in [-0.39, 0.29) is 0 Å². The third kappa shape index (κ3) is 18.0. The predicted octanol–water partition coefficient (Wildman–Crippen LogP) is 6.67. The second kappa shape index (κ2) is 18.0. The third-order valence-electron chi connectivity index (χ3n) is 3.66. The molecule has 0 aromatic carbocycles. The lowest BCUT2D eigenvalue weighted by atomic mass is 10.1. The van der Waals surface area contributed by atoms with E-state index >= 15 is 0 Å². The van der Waals surface area contributed by atoms with Gasteiger partial charge in [-0.15, -0.1) is 0 Å². The van der Waals surface area contributed by atoms with Crippen LogP contribution in [0, 0.1) is 6.61 Å². The molecular weight excluding hydrogens is 232 g/mol. The second-order valence-electron chi connectivity index (χ2n) is 5.72. The minimum absolute atomic E-state index is 0.933. The highest BCUT2D eigenvalue weighted by molar-refractivity contribution is 4.53. The van der Waals surface area contributed by atoms with E-state index in [0.29, 0.717) is 0 Å². The summed E-state index contributed by atoms with van der Waals surface area (Å²) in [5, 5.41) is 0. The van der Waals surface area contributed by atoms with Crippen LogP contribution < -0.4 is 0 Å². The molecule has 1 nitrogen and oxygen atoms in total. The van der Waals surface area contributed by atoms with Crippen molar-refractivity contribution in [3.8, 4) is 0 Å². The molecule has 0 heterocycles. The first kappa shape index (κ1) is 19.0. The van der Waals surface area contributed by atoms with Crippen molar-refractivity contribution in [1.29, 1.82) is 0 Å². The first-order chi connectivity index (χ1) is 9.41. The summed E-state index contributed by atoms with van der Waals surface area (Å²) in [5.74, 6) is 0. The smallest absolute Gasteiger partial charge is 0.0836 e. The summed E-state index contributed by atoms with van der Waals surface area (Å²) >= 11 is 0. The fourth-order valence-corrected chi connectivity index (χ4v) is 2.32. The molecule has 0 atom stereocenters. The third-order valence-corrected chi connectivity index (χ3v) is 3.66. The number of unbranched alkanes of at least 4 members (excludes halogenated alkanes) is 12. The topological polar surface area (TPSA) is 9.23 Å². The molecule has 0 saturated carbocycles. The molecule has 1 heteroatoms.